The highest BCUT2D eigenvalue weighted by Gasteiger charge is 2.16. The van der Waals surface area contributed by atoms with Gasteiger partial charge in [-0.3, -0.25) is 0 Å². The number of hydrogen-bond donors (Lipinski definition) is 1. The molecule has 0 unspecified atom stereocenters. The number of carboxylic acid groups (broad SMARTS) is 1. The van der Waals surface area contributed by atoms with E-state index in [1.54, 1.807) is 6.08 Å². The number of carbonyl (C=O) groups is 1. The molecule has 0 radical (unpaired) electrons. The van der Waals surface area contributed by atoms with E-state index in [0.717, 1.165) is 6.07 Å². The number of sulfone groups is 1. The fourth-order valence-corrected chi connectivity index (χ4v) is 2.54. The highest BCUT2D eigenvalue weighted by Crippen LogP contribution is 2.13. The van der Waals surface area contributed by atoms with Crippen molar-refractivity contribution in [1.29, 1.82) is 0 Å². The minimum atomic E-state index is -3.52. The molecule has 6 heteroatoms. The Labute approximate surface area is 112 Å². The Balaban J connectivity index is 2.69. The zero-order valence-electron chi connectivity index (χ0n) is 10.4. The van der Waals surface area contributed by atoms with Gasteiger partial charge in [0.2, 0.25) is 0 Å². The molecule has 0 saturated heterocycles. The molecule has 104 valence electrons. The molecule has 5 nitrogen and oxygen atoms in total. The molecule has 0 amide bonds. The van der Waals surface area contributed by atoms with E-state index < -0.39 is 15.8 Å². The molecule has 0 aliphatic carbocycles. The summed E-state index contributed by atoms with van der Waals surface area (Å²) < 4.78 is 29.0. The number of ether oxygens (including phenoxy) is 1. The standard InChI is InChI=1S/C13H16O5S/c1-2-3-7-18-8-9-19(16,17)12-6-4-5-11(10-12)13(14)15/h2,4-6,10H,1,3,7-9H2,(H,14,15). The number of carboxylic acids is 1. The zero-order chi connectivity index (χ0) is 14.3. The SMILES string of the molecule is C=CCCOCCS(=O)(=O)c1cccc(C(=O)O)c1. The van der Waals surface area contributed by atoms with Crippen LogP contribution < -0.4 is 0 Å². The van der Waals surface area contributed by atoms with E-state index in [2.05, 4.69) is 6.58 Å². The summed E-state index contributed by atoms with van der Waals surface area (Å²) in [5, 5.41) is 8.82. The Bertz CT molecular complexity index is 548. The summed E-state index contributed by atoms with van der Waals surface area (Å²) in [5.74, 6) is -1.33. The Hall–Kier alpha value is -1.66. The maximum absolute atomic E-state index is 11.9. The van der Waals surface area contributed by atoms with Crippen LogP contribution in [-0.2, 0) is 14.6 Å². The fourth-order valence-electron chi connectivity index (χ4n) is 1.38. The first kappa shape index (κ1) is 15.4. The first-order valence-corrected chi connectivity index (χ1v) is 7.37. The first-order valence-electron chi connectivity index (χ1n) is 5.72. The highest BCUT2D eigenvalue weighted by atomic mass is 32.2. The second kappa shape index (κ2) is 7.06. The van der Waals surface area contributed by atoms with Crippen molar-refractivity contribution in [2.45, 2.75) is 11.3 Å². The van der Waals surface area contributed by atoms with Crippen molar-refractivity contribution in [3.05, 3.63) is 42.5 Å². The van der Waals surface area contributed by atoms with Crippen LogP contribution in [0, 0.1) is 0 Å². The van der Waals surface area contributed by atoms with Gasteiger partial charge in [0.25, 0.3) is 0 Å². The number of hydrogen-bond acceptors (Lipinski definition) is 4. The fraction of sp³-hybridized carbons (Fsp3) is 0.308. The number of benzene rings is 1. The Morgan fingerprint density at radius 1 is 1.37 bits per heavy atom. The predicted octanol–water partition coefficient (Wildman–Crippen LogP) is 1.75. The van der Waals surface area contributed by atoms with Crippen molar-refractivity contribution >= 4 is 15.8 Å². The summed E-state index contributed by atoms with van der Waals surface area (Å²) in [6, 6.07) is 5.30. The van der Waals surface area contributed by atoms with Gasteiger partial charge in [-0.2, -0.15) is 0 Å². The molecule has 0 aromatic heterocycles. The van der Waals surface area contributed by atoms with Crippen molar-refractivity contribution in [3.8, 4) is 0 Å². The monoisotopic (exact) mass is 284 g/mol. The van der Waals surface area contributed by atoms with Gasteiger partial charge < -0.3 is 9.84 Å². The molecule has 0 atom stereocenters. The Morgan fingerprint density at radius 3 is 2.74 bits per heavy atom. The molecule has 0 spiro atoms. The lowest BCUT2D eigenvalue weighted by atomic mass is 10.2. The van der Waals surface area contributed by atoms with E-state index in [4.69, 9.17) is 9.84 Å². The van der Waals surface area contributed by atoms with Crippen LogP contribution in [0.15, 0.2) is 41.8 Å². The van der Waals surface area contributed by atoms with Crippen LogP contribution in [0.1, 0.15) is 16.8 Å². The third-order valence-electron chi connectivity index (χ3n) is 2.40. The topological polar surface area (TPSA) is 80.7 Å². The number of rotatable bonds is 8. The van der Waals surface area contributed by atoms with Crippen molar-refractivity contribution in [1.82, 2.24) is 0 Å². The van der Waals surface area contributed by atoms with E-state index in [-0.39, 0.29) is 22.8 Å². The molecule has 0 aliphatic rings. The Morgan fingerprint density at radius 2 is 2.11 bits per heavy atom. The maximum Gasteiger partial charge on any atom is 0.335 e. The largest absolute Gasteiger partial charge is 0.478 e. The lowest BCUT2D eigenvalue weighted by Gasteiger charge is -2.06. The van der Waals surface area contributed by atoms with E-state index in [1.165, 1.54) is 18.2 Å². The number of aromatic carboxylic acids is 1. The molecule has 1 rings (SSSR count). The lowest BCUT2D eigenvalue weighted by Crippen LogP contribution is -2.13. The summed E-state index contributed by atoms with van der Waals surface area (Å²) in [4.78, 5) is 10.8. The summed E-state index contributed by atoms with van der Waals surface area (Å²) in [5.41, 5.74) is -0.0475. The molecule has 0 bridgehead atoms. The van der Waals surface area contributed by atoms with Crippen LogP contribution in [0.25, 0.3) is 0 Å². The van der Waals surface area contributed by atoms with Gasteiger partial charge in [-0.1, -0.05) is 12.1 Å². The molecule has 1 aromatic carbocycles. The summed E-state index contributed by atoms with van der Waals surface area (Å²) in [7, 11) is -3.52. The van der Waals surface area contributed by atoms with Crippen molar-refractivity contribution in [2.24, 2.45) is 0 Å². The van der Waals surface area contributed by atoms with Gasteiger partial charge in [0.05, 0.1) is 29.4 Å². The van der Waals surface area contributed by atoms with E-state index >= 15 is 0 Å². The second-order valence-electron chi connectivity index (χ2n) is 3.84. The van der Waals surface area contributed by atoms with Crippen LogP contribution in [0.3, 0.4) is 0 Å². The second-order valence-corrected chi connectivity index (χ2v) is 5.95. The van der Waals surface area contributed by atoms with E-state index in [1.807, 2.05) is 0 Å². The molecule has 1 aromatic rings. The maximum atomic E-state index is 11.9. The third kappa shape index (κ3) is 4.84. The smallest absolute Gasteiger partial charge is 0.335 e. The van der Waals surface area contributed by atoms with Crippen LogP contribution in [0.4, 0.5) is 0 Å². The summed E-state index contributed by atoms with van der Waals surface area (Å²) >= 11 is 0. The quantitative estimate of drug-likeness (QED) is 0.581. The van der Waals surface area contributed by atoms with Gasteiger partial charge >= 0.3 is 5.97 Å². The molecular formula is C13H16O5S. The third-order valence-corrected chi connectivity index (χ3v) is 4.08. The van der Waals surface area contributed by atoms with Gasteiger partial charge in [0, 0.05) is 0 Å². The molecule has 19 heavy (non-hydrogen) atoms. The van der Waals surface area contributed by atoms with Crippen LogP contribution >= 0.6 is 0 Å². The van der Waals surface area contributed by atoms with Crippen LogP contribution in [-0.4, -0.2) is 38.5 Å². The highest BCUT2D eigenvalue weighted by molar-refractivity contribution is 7.91. The van der Waals surface area contributed by atoms with Gasteiger partial charge in [-0.25, -0.2) is 13.2 Å². The average molecular weight is 284 g/mol. The first-order chi connectivity index (χ1) is 8.97. The molecule has 0 fully saturated rings. The normalized spacial score (nSPS) is 11.2. The summed E-state index contributed by atoms with van der Waals surface area (Å²) in [6.07, 6.45) is 2.35. The van der Waals surface area contributed by atoms with Crippen LogP contribution in [0.2, 0.25) is 0 Å². The zero-order valence-corrected chi connectivity index (χ0v) is 11.2. The van der Waals surface area contributed by atoms with Crippen LogP contribution in [0.5, 0.6) is 0 Å². The minimum absolute atomic E-state index is 0.000259. The molecule has 1 N–H and O–H groups in total. The lowest BCUT2D eigenvalue weighted by molar-refractivity contribution is 0.0696. The van der Waals surface area contributed by atoms with Crippen molar-refractivity contribution in [2.75, 3.05) is 19.0 Å². The van der Waals surface area contributed by atoms with E-state index in [0.29, 0.717) is 13.0 Å². The van der Waals surface area contributed by atoms with Gasteiger partial charge in [0.1, 0.15) is 0 Å². The molecule has 0 aliphatic heterocycles. The van der Waals surface area contributed by atoms with Gasteiger partial charge in [-0.15, -0.1) is 6.58 Å². The molecular weight excluding hydrogens is 268 g/mol. The van der Waals surface area contributed by atoms with Crippen molar-refractivity contribution in [3.63, 3.8) is 0 Å². The average Bonchev–Trinajstić information content (AvgIpc) is 2.38. The van der Waals surface area contributed by atoms with Crippen molar-refractivity contribution < 1.29 is 23.1 Å². The van der Waals surface area contributed by atoms with Gasteiger partial charge in [0.15, 0.2) is 9.84 Å². The predicted molar refractivity (Wildman–Crippen MR) is 71.1 cm³/mol. The minimum Gasteiger partial charge on any atom is -0.478 e. The molecule has 0 heterocycles. The summed E-state index contributed by atoms with van der Waals surface area (Å²) in [6.45, 7) is 4.03. The Kier molecular flexibility index (Phi) is 5.72. The van der Waals surface area contributed by atoms with E-state index in [9.17, 15) is 13.2 Å². The molecule has 0 saturated carbocycles. The van der Waals surface area contributed by atoms with Gasteiger partial charge in [-0.05, 0) is 24.6 Å².